The Morgan fingerprint density at radius 3 is 3.11 bits per heavy atom. The van der Waals surface area contributed by atoms with E-state index in [1.165, 1.54) is 18.6 Å². The Balaban J connectivity index is 1.94. The molecule has 3 rings (SSSR count). The molecule has 94 valence electrons. The van der Waals surface area contributed by atoms with Gasteiger partial charge in [0.25, 0.3) is 5.89 Å². The number of hydrogen-bond acceptors (Lipinski definition) is 5. The van der Waals surface area contributed by atoms with Gasteiger partial charge in [-0.15, -0.1) is 0 Å². The number of halogens is 1. The van der Waals surface area contributed by atoms with Crippen molar-refractivity contribution in [1.82, 2.24) is 10.1 Å². The molecule has 1 fully saturated rings. The second-order valence-corrected chi connectivity index (χ2v) is 5.84. The summed E-state index contributed by atoms with van der Waals surface area (Å²) in [4.78, 5) is 4.37. The lowest BCUT2D eigenvalue weighted by molar-refractivity contribution is 0.421. The van der Waals surface area contributed by atoms with Crippen LogP contribution in [0.1, 0.15) is 23.9 Å². The average molecular weight is 283 g/mol. The van der Waals surface area contributed by atoms with E-state index in [1.807, 2.05) is 11.8 Å². The van der Waals surface area contributed by atoms with Crippen molar-refractivity contribution in [3.8, 4) is 17.2 Å². The van der Waals surface area contributed by atoms with Gasteiger partial charge < -0.3 is 9.63 Å². The van der Waals surface area contributed by atoms with Gasteiger partial charge in [0.2, 0.25) is 0 Å². The van der Waals surface area contributed by atoms with Crippen LogP contribution in [0, 0.1) is 0 Å². The summed E-state index contributed by atoms with van der Waals surface area (Å²) >= 11 is 7.90. The molecule has 1 aromatic heterocycles. The van der Waals surface area contributed by atoms with Crippen LogP contribution in [0.4, 0.5) is 0 Å². The second-order valence-electron chi connectivity index (χ2n) is 4.12. The van der Waals surface area contributed by atoms with Crippen LogP contribution in [0.2, 0.25) is 5.02 Å². The van der Waals surface area contributed by atoms with Crippen molar-refractivity contribution in [3.63, 3.8) is 0 Å². The van der Waals surface area contributed by atoms with Crippen molar-refractivity contribution in [2.75, 3.05) is 5.75 Å². The number of nitrogens with zero attached hydrogens (tertiary/aromatic N) is 2. The molecule has 1 saturated heterocycles. The summed E-state index contributed by atoms with van der Waals surface area (Å²) in [5, 5.41) is 14.3. The first kappa shape index (κ1) is 11.9. The van der Waals surface area contributed by atoms with Crippen LogP contribution in [-0.4, -0.2) is 21.0 Å². The molecule has 1 aliphatic heterocycles. The molecule has 18 heavy (non-hydrogen) atoms. The lowest BCUT2D eigenvalue weighted by atomic mass is 10.2. The number of phenolic OH excluding ortho intramolecular Hbond substituents is 1. The molecule has 1 aromatic carbocycles. The minimum absolute atomic E-state index is 0.129. The Labute approximate surface area is 113 Å². The fourth-order valence-corrected chi connectivity index (χ4v) is 3.33. The quantitative estimate of drug-likeness (QED) is 0.911. The van der Waals surface area contributed by atoms with Crippen LogP contribution < -0.4 is 0 Å². The minimum Gasteiger partial charge on any atom is -0.508 e. The molecule has 0 bridgehead atoms. The van der Waals surface area contributed by atoms with Crippen molar-refractivity contribution in [2.45, 2.75) is 18.1 Å². The van der Waals surface area contributed by atoms with E-state index in [9.17, 15) is 5.11 Å². The molecule has 1 atom stereocenters. The van der Waals surface area contributed by atoms with E-state index in [0.29, 0.717) is 27.6 Å². The maximum atomic E-state index is 9.46. The molecule has 0 spiro atoms. The highest BCUT2D eigenvalue weighted by molar-refractivity contribution is 7.99. The van der Waals surface area contributed by atoms with Gasteiger partial charge in [0.15, 0.2) is 5.82 Å². The molecule has 1 N–H and O–H groups in total. The molecule has 1 unspecified atom stereocenters. The molecule has 0 radical (unpaired) electrons. The lowest BCUT2D eigenvalue weighted by Crippen LogP contribution is -1.91. The van der Waals surface area contributed by atoms with Crippen LogP contribution in [0.3, 0.4) is 0 Å². The summed E-state index contributed by atoms with van der Waals surface area (Å²) in [5.41, 5.74) is 0.568. The normalized spacial score (nSPS) is 19.3. The number of benzene rings is 1. The average Bonchev–Trinajstić information content (AvgIpc) is 3.00. The zero-order valence-electron chi connectivity index (χ0n) is 9.47. The highest BCUT2D eigenvalue weighted by atomic mass is 35.5. The summed E-state index contributed by atoms with van der Waals surface area (Å²) < 4.78 is 5.23. The summed E-state index contributed by atoms with van der Waals surface area (Å²) in [6, 6.07) is 4.66. The maximum Gasteiger partial charge on any atom is 0.259 e. The Kier molecular flexibility index (Phi) is 3.18. The SMILES string of the molecule is Oc1ccc(Cl)c(-c2nc(C3CCCS3)no2)c1. The maximum absolute atomic E-state index is 9.46. The molecule has 2 heterocycles. The third-order valence-corrected chi connectivity index (χ3v) is 4.54. The molecule has 2 aromatic rings. The molecule has 1 aliphatic rings. The van der Waals surface area contributed by atoms with Gasteiger partial charge in [0.1, 0.15) is 5.75 Å². The highest BCUT2D eigenvalue weighted by Gasteiger charge is 2.23. The molecule has 6 heteroatoms. The van der Waals surface area contributed by atoms with Crippen molar-refractivity contribution in [2.24, 2.45) is 0 Å². The van der Waals surface area contributed by atoms with Gasteiger partial charge in [-0.2, -0.15) is 16.7 Å². The molecule has 0 amide bonds. The van der Waals surface area contributed by atoms with E-state index in [4.69, 9.17) is 16.1 Å². The van der Waals surface area contributed by atoms with E-state index < -0.39 is 0 Å². The van der Waals surface area contributed by atoms with Crippen molar-refractivity contribution in [1.29, 1.82) is 0 Å². The minimum atomic E-state index is 0.129. The fourth-order valence-electron chi connectivity index (χ4n) is 1.93. The van der Waals surface area contributed by atoms with Gasteiger partial charge in [-0.25, -0.2) is 0 Å². The summed E-state index contributed by atoms with van der Waals surface area (Å²) in [7, 11) is 0. The van der Waals surface area contributed by atoms with Crippen LogP contribution in [-0.2, 0) is 0 Å². The summed E-state index contributed by atoms with van der Waals surface area (Å²) in [5.74, 6) is 2.34. The third-order valence-electron chi connectivity index (χ3n) is 2.84. The second kappa shape index (κ2) is 4.82. The van der Waals surface area contributed by atoms with E-state index in [1.54, 1.807) is 6.07 Å². The molecule has 0 saturated carbocycles. The number of aromatic nitrogens is 2. The van der Waals surface area contributed by atoms with Crippen LogP contribution >= 0.6 is 23.4 Å². The first-order valence-corrected chi connectivity index (χ1v) is 7.11. The van der Waals surface area contributed by atoms with E-state index >= 15 is 0 Å². The first-order chi connectivity index (χ1) is 8.74. The van der Waals surface area contributed by atoms with E-state index in [-0.39, 0.29) is 5.75 Å². The van der Waals surface area contributed by atoms with Crippen LogP contribution in [0.15, 0.2) is 22.7 Å². The summed E-state index contributed by atoms with van der Waals surface area (Å²) in [6.45, 7) is 0. The van der Waals surface area contributed by atoms with Crippen molar-refractivity contribution in [3.05, 3.63) is 29.0 Å². The predicted molar refractivity (Wildman–Crippen MR) is 70.8 cm³/mol. The van der Waals surface area contributed by atoms with E-state index in [2.05, 4.69) is 10.1 Å². The third kappa shape index (κ3) is 2.20. The monoisotopic (exact) mass is 282 g/mol. The van der Waals surface area contributed by atoms with Crippen molar-refractivity contribution < 1.29 is 9.63 Å². The smallest absolute Gasteiger partial charge is 0.259 e. The van der Waals surface area contributed by atoms with E-state index in [0.717, 1.165) is 12.2 Å². The number of phenols is 1. The van der Waals surface area contributed by atoms with Gasteiger partial charge in [0.05, 0.1) is 15.8 Å². The Bertz CT molecular complexity index is 567. The van der Waals surface area contributed by atoms with Crippen molar-refractivity contribution >= 4 is 23.4 Å². The molecular weight excluding hydrogens is 272 g/mol. The zero-order valence-corrected chi connectivity index (χ0v) is 11.0. The van der Waals surface area contributed by atoms with Crippen LogP contribution in [0.25, 0.3) is 11.5 Å². The Hall–Kier alpha value is -1.20. The summed E-state index contributed by atoms with van der Waals surface area (Å²) in [6.07, 6.45) is 2.27. The van der Waals surface area contributed by atoms with Gasteiger partial charge in [-0.1, -0.05) is 16.8 Å². The Morgan fingerprint density at radius 1 is 1.44 bits per heavy atom. The number of rotatable bonds is 2. The first-order valence-electron chi connectivity index (χ1n) is 5.68. The zero-order chi connectivity index (χ0) is 12.5. The molecular formula is C12H11ClN2O2S. The highest BCUT2D eigenvalue weighted by Crippen LogP contribution is 2.39. The van der Waals surface area contributed by atoms with Gasteiger partial charge in [-0.3, -0.25) is 0 Å². The number of thioether (sulfide) groups is 1. The predicted octanol–water partition coefficient (Wildman–Crippen LogP) is 3.66. The topological polar surface area (TPSA) is 59.2 Å². The number of hydrogen-bond donors (Lipinski definition) is 1. The molecule has 0 aliphatic carbocycles. The Morgan fingerprint density at radius 2 is 2.33 bits per heavy atom. The van der Waals surface area contributed by atoms with Gasteiger partial charge in [0, 0.05) is 0 Å². The van der Waals surface area contributed by atoms with Crippen LogP contribution in [0.5, 0.6) is 5.75 Å². The fraction of sp³-hybridized carbons (Fsp3) is 0.333. The standard InChI is InChI=1S/C12H11ClN2O2S/c13-9-4-3-7(16)6-8(9)12-14-11(15-17-12)10-2-1-5-18-10/h3-4,6,10,16H,1-2,5H2. The largest absolute Gasteiger partial charge is 0.508 e. The lowest BCUT2D eigenvalue weighted by Gasteiger charge is -2.00. The number of aromatic hydroxyl groups is 1. The van der Waals surface area contributed by atoms with Gasteiger partial charge >= 0.3 is 0 Å². The van der Waals surface area contributed by atoms with Gasteiger partial charge in [-0.05, 0) is 36.8 Å². The molecule has 4 nitrogen and oxygen atoms in total.